The summed E-state index contributed by atoms with van der Waals surface area (Å²) < 4.78 is 14.6. The average Bonchev–Trinajstić information content (AvgIpc) is 2.74. The molecule has 8 heteroatoms. The number of nitrogens with one attached hydrogen (secondary N) is 1. The van der Waals surface area contributed by atoms with Gasteiger partial charge in [0.15, 0.2) is 13.2 Å². The number of rotatable bonds is 9. The van der Waals surface area contributed by atoms with Crippen molar-refractivity contribution in [2.24, 2.45) is 0 Å². The van der Waals surface area contributed by atoms with Crippen LogP contribution in [0.1, 0.15) is 26.3 Å². The van der Waals surface area contributed by atoms with Crippen LogP contribution in [0.4, 0.5) is 0 Å². The predicted octanol–water partition coefficient (Wildman–Crippen LogP) is 1.52. The summed E-state index contributed by atoms with van der Waals surface area (Å²) in [6.45, 7) is -0.577. The van der Waals surface area contributed by atoms with E-state index in [4.69, 9.17) is 9.47 Å². The highest BCUT2D eigenvalue weighted by molar-refractivity contribution is 5.89. The molecule has 0 fully saturated rings. The molecule has 0 bridgehead atoms. The second kappa shape index (κ2) is 10.5. The summed E-state index contributed by atoms with van der Waals surface area (Å²) >= 11 is 0. The van der Waals surface area contributed by atoms with Gasteiger partial charge < -0.3 is 19.5 Å². The van der Waals surface area contributed by atoms with Gasteiger partial charge in [-0.15, -0.1) is 0 Å². The molecule has 1 N–H and O–H groups in total. The Kier molecular flexibility index (Phi) is 7.71. The fraction of sp³-hybridized carbons (Fsp3) is 0.200. The van der Waals surface area contributed by atoms with Gasteiger partial charge in [0.1, 0.15) is 12.0 Å². The number of aldehydes is 1. The zero-order valence-electron chi connectivity index (χ0n) is 15.2. The van der Waals surface area contributed by atoms with Crippen LogP contribution in [0.15, 0.2) is 48.5 Å². The number of carbonyl (C=O) groups is 4. The minimum Gasteiger partial charge on any atom is -0.482 e. The average molecular weight is 385 g/mol. The fourth-order valence-corrected chi connectivity index (χ4v) is 2.10. The largest absolute Gasteiger partial charge is 0.482 e. The van der Waals surface area contributed by atoms with Crippen molar-refractivity contribution in [1.82, 2.24) is 5.32 Å². The van der Waals surface area contributed by atoms with Crippen molar-refractivity contribution in [3.8, 4) is 5.75 Å². The smallest absolute Gasteiger partial charge is 0.344 e. The summed E-state index contributed by atoms with van der Waals surface area (Å²) in [5.41, 5.74) is 1.67. The molecule has 28 heavy (non-hydrogen) atoms. The highest BCUT2D eigenvalue weighted by atomic mass is 16.6. The summed E-state index contributed by atoms with van der Waals surface area (Å²) in [6, 6.07) is 12.8. The minimum atomic E-state index is -0.697. The first-order chi connectivity index (χ1) is 13.5. The van der Waals surface area contributed by atoms with Crippen molar-refractivity contribution in [1.29, 1.82) is 0 Å². The molecule has 0 heterocycles. The van der Waals surface area contributed by atoms with Gasteiger partial charge in [-0.25, -0.2) is 9.59 Å². The second-order valence-corrected chi connectivity index (χ2v) is 5.60. The zero-order chi connectivity index (χ0) is 20.4. The molecule has 0 unspecified atom stereocenters. The lowest BCUT2D eigenvalue weighted by molar-refractivity contribution is -0.150. The first-order valence-electron chi connectivity index (χ1n) is 8.29. The lowest BCUT2D eigenvalue weighted by Gasteiger charge is -2.08. The number of carbonyl (C=O) groups excluding carboxylic acids is 4. The van der Waals surface area contributed by atoms with E-state index in [2.05, 4.69) is 10.1 Å². The Labute approximate surface area is 161 Å². The van der Waals surface area contributed by atoms with Gasteiger partial charge in [-0.3, -0.25) is 9.59 Å². The van der Waals surface area contributed by atoms with Crippen LogP contribution in [0.5, 0.6) is 5.75 Å². The third-order valence-electron chi connectivity index (χ3n) is 3.60. The van der Waals surface area contributed by atoms with Crippen LogP contribution in [0, 0.1) is 0 Å². The number of esters is 2. The third kappa shape index (κ3) is 6.56. The number of hydrogen-bond acceptors (Lipinski definition) is 7. The molecule has 0 aromatic heterocycles. The number of ether oxygens (including phenoxy) is 3. The van der Waals surface area contributed by atoms with Crippen molar-refractivity contribution in [3.63, 3.8) is 0 Å². The van der Waals surface area contributed by atoms with E-state index in [0.717, 1.165) is 5.56 Å². The molecule has 2 aromatic carbocycles. The number of benzene rings is 2. The molecule has 0 saturated carbocycles. The normalized spacial score (nSPS) is 9.89. The van der Waals surface area contributed by atoms with Crippen molar-refractivity contribution in [3.05, 3.63) is 65.2 Å². The van der Waals surface area contributed by atoms with Crippen LogP contribution >= 0.6 is 0 Å². The Morgan fingerprint density at radius 2 is 1.64 bits per heavy atom. The maximum absolute atomic E-state index is 11.8. The molecule has 0 saturated heterocycles. The molecule has 0 spiro atoms. The molecule has 1 amide bonds. The van der Waals surface area contributed by atoms with Crippen molar-refractivity contribution >= 4 is 24.1 Å². The second-order valence-electron chi connectivity index (χ2n) is 5.60. The van der Waals surface area contributed by atoms with E-state index in [1.807, 2.05) is 0 Å². The van der Waals surface area contributed by atoms with E-state index in [1.54, 1.807) is 48.5 Å². The molecule has 0 aliphatic carbocycles. The van der Waals surface area contributed by atoms with Crippen LogP contribution in [0.25, 0.3) is 0 Å². The first kappa shape index (κ1) is 20.6. The van der Waals surface area contributed by atoms with Crippen LogP contribution in [0.3, 0.4) is 0 Å². The van der Waals surface area contributed by atoms with E-state index in [0.29, 0.717) is 23.2 Å². The van der Waals surface area contributed by atoms with E-state index < -0.39 is 24.5 Å². The van der Waals surface area contributed by atoms with Crippen LogP contribution < -0.4 is 10.1 Å². The lowest BCUT2D eigenvalue weighted by atomic mass is 10.1. The molecule has 146 valence electrons. The standard InChI is InChI=1S/C20H19NO7/c1-26-20(25)16-6-2-14(3-7-16)10-21-18(23)12-28-19(24)13-27-17-8-4-15(11-22)5-9-17/h2-9,11H,10,12-13H2,1H3,(H,21,23). The lowest BCUT2D eigenvalue weighted by Crippen LogP contribution is -2.29. The first-order valence-corrected chi connectivity index (χ1v) is 8.29. The van der Waals surface area contributed by atoms with Crippen LogP contribution in [0.2, 0.25) is 0 Å². The Balaban J connectivity index is 1.67. The quantitative estimate of drug-likeness (QED) is 0.515. The molecular weight excluding hydrogens is 366 g/mol. The monoisotopic (exact) mass is 385 g/mol. The van der Waals surface area contributed by atoms with Crippen LogP contribution in [-0.4, -0.2) is 44.5 Å². The van der Waals surface area contributed by atoms with Gasteiger partial charge in [-0.1, -0.05) is 12.1 Å². The fourth-order valence-electron chi connectivity index (χ4n) is 2.10. The zero-order valence-corrected chi connectivity index (χ0v) is 15.2. The summed E-state index contributed by atoms with van der Waals surface area (Å²) in [5, 5.41) is 2.60. The van der Waals surface area contributed by atoms with Gasteiger partial charge in [0.25, 0.3) is 5.91 Å². The molecule has 0 aliphatic heterocycles. The third-order valence-corrected chi connectivity index (χ3v) is 3.60. The molecule has 2 rings (SSSR count). The summed E-state index contributed by atoms with van der Waals surface area (Å²) in [4.78, 5) is 45.3. The van der Waals surface area contributed by atoms with Gasteiger partial charge >= 0.3 is 11.9 Å². The maximum atomic E-state index is 11.8. The topological polar surface area (TPSA) is 108 Å². The van der Waals surface area contributed by atoms with Crippen molar-refractivity contribution < 1.29 is 33.4 Å². The van der Waals surface area contributed by atoms with Gasteiger partial charge in [-0.2, -0.15) is 0 Å². The van der Waals surface area contributed by atoms with Gasteiger partial charge in [-0.05, 0) is 42.0 Å². The van der Waals surface area contributed by atoms with E-state index in [9.17, 15) is 19.2 Å². The van der Waals surface area contributed by atoms with E-state index in [-0.39, 0.29) is 13.2 Å². The molecule has 0 aliphatic rings. The molecule has 0 radical (unpaired) electrons. The summed E-state index contributed by atoms with van der Waals surface area (Å²) in [6.07, 6.45) is 0.699. The summed E-state index contributed by atoms with van der Waals surface area (Å²) in [5.74, 6) is -1.20. The van der Waals surface area contributed by atoms with E-state index in [1.165, 1.54) is 7.11 Å². The van der Waals surface area contributed by atoms with Crippen molar-refractivity contribution in [2.45, 2.75) is 6.54 Å². The maximum Gasteiger partial charge on any atom is 0.344 e. The molecule has 2 aromatic rings. The van der Waals surface area contributed by atoms with E-state index >= 15 is 0 Å². The number of hydrogen-bond donors (Lipinski definition) is 1. The Hall–Kier alpha value is -3.68. The van der Waals surface area contributed by atoms with Gasteiger partial charge in [0.05, 0.1) is 12.7 Å². The number of amides is 1. The Morgan fingerprint density at radius 1 is 0.964 bits per heavy atom. The minimum absolute atomic E-state index is 0.220. The molecule has 0 atom stereocenters. The predicted molar refractivity (Wildman–Crippen MR) is 97.9 cm³/mol. The van der Waals surface area contributed by atoms with Crippen LogP contribution in [-0.2, 0) is 25.6 Å². The van der Waals surface area contributed by atoms with Crippen molar-refractivity contribution in [2.75, 3.05) is 20.3 Å². The Morgan fingerprint density at radius 3 is 2.25 bits per heavy atom. The number of methoxy groups -OCH3 is 1. The Bertz CT molecular complexity index is 829. The summed E-state index contributed by atoms with van der Waals surface area (Å²) in [7, 11) is 1.30. The molecule has 8 nitrogen and oxygen atoms in total. The van der Waals surface area contributed by atoms with Gasteiger partial charge in [0, 0.05) is 12.1 Å². The molecular formula is C20H19NO7. The highest BCUT2D eigenvalue weighted by Crippen LogP contribution is 2.11. The SMILES string of the molecule is COC(=O)c1ccc(CNC(=O)COC(=O)COc2ccc(C=O)cc2)cc1. The van der Waals surface area contributed by atoms with Gasteiger partial charge in [0.2, 0.25) is 0 Å². The highest BCUT2D eigenvalue weighted by Gasteiger charge is 2.09.